The molecule has 172 valence electrons. The summed E-state index contributed by atoms with van der Waals surface area (Å²) in [6, 6.07) is 8.37. The van der Waals surface area contributed by atoms with E-state index in [1.54, 1.807) is 43.3 Å². The first kappa shape index (κ1) is 23.1. The first-order chi connectivity index (χ1) is 15.9. The number of benzene rings is 1. The highest BCUT2D eigenvalue weighted by Crippen LogP contribution is 2.29. The molecule has 0 saturated heterocycles. The lowest BCUT2D eigenvalue weighted by molar-refractivity contribution is -0.387. The molecule has 12 heteroatoms. The molecule has 0 saturated carbocycles. The van der Waals surface area contributed by atoms with E-state index in [1.165, 1.54) is 12.3 Å². The van der Waals surface area contributed by atoms with Crippen molar-refractivity contribution >= 4 is 23.7 Å². The maximum Gasteiger partial charge on any atom is 0.395 e. The van der Waals surface area contributed by atoms with E-state index in [0.29, 0.717) is 29.4 Å². The van der Waals surface area contributed by atoms with E-state index in [0.717, 1.165) is 0 Å². The number of aromatic hydroxyl groups is 1. The van der Waals surface area contributed by atoms with Crippen molar-refractivity contribution < 1.29 is 28.7 Å². The van der Waals surface area contributed by atoms with Crippen LogP contribution in [-0.2, 0) is 11.3 Å². The summed E-state index contributed by atoms with van der Waals surface area (Å²) in [6.45, 7) is 2.14. The number of hydrogen-bond donors (Lipinski definition) is 3. The predicted molar refractivity (Wildman–Crippen MR) is 116 cm³/mol. The van der Waals surface area contributed by atoms with E-state index in [4.69, 9.17) is 13.9 Å². The summed E-state index contributed by atoms with van der Waals surface area (Å²) in [4.78, 5) is 39.3. The first-order valence-corrected chi connectivity index (χ1v) is 9.72. The monoisotopic (exact) mass is 456 g/mol. The van der Waals surface area contributed by atoms with Gasteiger partial charge in [-0.15, -0.1) is 0 Å². The van der Waals surface area contributed by atoms with Crippen molar-refractivity contribution in [3.05, 3.63) is 74.2 Å². The molecule has 2 aromatic heterocycles. The molecule has 0 unspecified atom stereocenters. The van der Waals surface area contributed by atoms with E-state index in [-0.39, 0.29) is 24.9 Å². The van der Waals surface area contributed by atoms with Crippen LogP contribution in [0.25, 0.3) is 12.2 Å². The summed E-state index contributed by atoms with van der Waals surface area (Å²) in [5, 5.41) is 23.0. The summed E-state index contributed by atoms with van der Waals surface area (Å²) in [7, 11) is 0. The topological polar surface area (TPSA) is 170 Å². The summed E-state index contributed by atoms with van der Waals surface area (Å²) >= 11 is 0. The quantitative estimate of drug-likeness (QED) is 0.306. The maximum absolute atomic E-state index is 12.0. The van der Waals surface area contributed by atoms with Crippen LogP contribution in [0.15, 0.2) is 45.8 Å². The van der Waals surface area contributed by atoms with Crippen LogP contribution in [0.5, 0.6) is 17.4 Å². The van der Waals surface area contributed by atoms with Crippen LogP contribution in [0.4, 0.5) is 5.69 Å². The van der Waals surface area contributed by atoms with Gasteiger partial charge in [0.15, 0.2) is 18.1 Å². The molecule has 0 aliphatic carbocycles. The maximum atomic E-state index is 12.0. The third kappa shape index (κ3) is 6.19. The summed E-state index contributed by atoms with van der Waals surface area (Å²) in [5.41, 5.74) is -1.48. The lowest BCUT2D eigenvalue weighted by atomic mass is 10.2. The highest BCUT2D eigenvalue weighted by atomic mass is 16.6. The van der Waals surface area contributed by atoms with Crippen molar-refractivity contribution in [1.82, 2.24) is 15.3 Å². The molecule has 0 atom stereocenters. The van der Waals surface area contributed by atoms with Gasteiger partial charge in [-0.1, -0.05) is 12.1 Å². The number of hydrogen-bond acceptors (Lipinski definition) is 9. The van der Waals surface area contributed by atoms with Gasteiger partial charge in [0.1, 0.15) is 11.6 Å². The Morgan fingerprint density at radius 3 is 2.79 bits per heavy atom. The minimum absolute atomic E-state index is 0.0744. The molecule has 2 heterocycles. The van der Waals surface area contributed by atoms with E-state index < -0.39 is 22.0 Å². The SMILES string of the molecule is CCOc1cc(/C=C/c2nc(O)c([N+](=O)[O-])c(=O)[nH]2)ccc1OCC(=O)NCc1ccco1. The fourth-order valence-corrected chi connectivity index (χ4v) is 2.70. The highest BCUT2D eigenvalue weighted by Gasteiger charge is 2.21. The van der Waals surface area contributed by atoms with Crippen LogP contribution in [0, 0.1) is 10.1 Å². The summed E-state index contributed by atoms with van der Waals surface area (Å²) in [6.07, 6.45) is 4.42. The lowest BCUT2D eigenvalue weighted by Gasteiger charge is -2.12. The number of amides is 1. The number of nitrogens with one attached hydrogen (secondary N) is 2. The fraction of sp³-hybridized carbons (Fsp3) is 0.190. The number of H-pyrrole nitrogens is 1. The van der Waals surface area contributed by atoms with Crippen LogP contribution < -0.4 is 20.3 Å². The smallest absolute Gasteiger partial charge is 0.395 e. The molecule has 3 N–H and O–H groups in total. The van der Waals surface area contributed by atoms with Crippen molar-refractivity contribution in [3.63, 3.8) is 0 Å². The third-order valence-electron chi connectivity index (χ3n) is 4.18. The van der Waals surface area contributed by atoms with Crippen molar-refractivity contribution in [1.29, 1.82) is 0 Å². The van der Waals surface area contributed by atoms with Crippen LogP contribution in [0.1, 0.15) is 24.1 Å². The van der Waals surface area contributed by atoms with Gasteiger partial charge in [0, 0.05) is 0 Å². The molecular weight excluding hydrogens is 436 g/mol. The molecular formula is C21H20N4O8. The fourth-order valence-electron chi connectivity index (χ4n) is 2.70. The zero-order valence-corrected chi connectivity index (χ0v) is 17.4. The standard InChI is InChI=1S/C21H20N4O8/c1-2-31-16-10-13(6-8-17-23-20(27)19(25(29)30)21(28)24-17)5-7-15(16)33-12-18(26)22-11-14-4-3-9-32-14/h3-10H,2,11-12H2,1H3,(H,22,26)(H2,23,24,27,28)/b8-6+. The number of ether oxygens (including phenoxy) is 2. The zero-order valence-electron chi connectivity index (χ0n) is 17.4. The van der Waals surface area contributed by atoms with Gasteiger partial charge in [-0.05, 0) is 42.8 Å². The molecule has 0 aliphatic rings. The van der Waals surface area contributed by atoms with Gasteiger partial charge in [-0.3, -0.25) is 19.7 Å². The largest absolute Gasteiger partial charge is 0.490 e. The number of rotatable bonds is 10. The van der Waals surface area contributed by atoms with Gasteiger partial charge in [0.2, 0.25) is 0 Å². The van der Waals surface area contributed by atoms with Gasteiger partial charge in [0.25, 0.3) is 11.8 Å². The Morgan fingerprint density at radius 1 is 1.30 bits per heavy atom. The molecule has 0 radical (unpaired) electrons. The van der Waals surface area contributed by atoms with E-state index in [2.05, 4.69) is 15.3 Å². The van der Waals surface area contributed by atoms with Gasteiger partial charge in [0.05, 0.1) is 24.3 Å². The van der Waals surface area contributed by atoms with Crippen LogP contribution in [-0.4, -0.2) is 39.1 Å². The van der Waals surface area contributed by atoms with E-state index in [9.17, 15) is 24.8 Å². The minimum atomic E-state index is -1.07. The molecule has 33 heavy (non-hydrogen) atoms. The molecule has 3 aromatic rings. The number of nitro groups is 1. The molecule has 3 rings (SSSR count). The second-order valence-corrected chi connectivity index (χ2v) is 6.50. The van der Waals surface area contributed by atoms with Crippen LogP contribution >= 0.6 is 0 Å². The number of furan rings is 1. The zero-order chi connectivity index (χ0) is 23.8. The van der Waals surface area contributed by atoms with Crippen molar-refractivity contribution in [2.75, 3.05) is 13.2 Å². The summed E-state index contributed by atoms with van der Waals surface area (Å²) in [5.74, 6) is -0.0484. The lowest BCUT2D eigenvalue weighted by Crippen LogP contribution is -2.28. The van der Waals surface area contributed by atoms with Gasteiger partial charge >= 0.3 is 11.2 Å². The second-order valence-electron chi connectivity index (χ2n) is 6.50. The average Bonchev–Trinajstić information content (AvgIpc) is 3.29. The Bertz CT molecular complexity index is 1220. The molecule has 1 aromatic carbocycles. The number of aromatic amines is 1. The van der Waals surface area contributed by atoms with Crippen molar-refractivity contribution in [3.8, 4) is 17.4 Å². The molecule has 0 fully saturated rings. The normalized spacial score (nSPS) is 10.8. The Labute approximate surface area is 186 Å². The minimum Gasteiger partial charge on any atom is -0.490 e. The molecule has 12 nitrogen and oxygen atoms in total. The van der Waals surface area contributed by atoms with E-state index >= 15 is 0 Å². The van der Waals surface area contributed by atoms with Crippen LogP contribution in [0.3, 0.4) is 0 Å². The Balaban J connectivity index is 1.68. The van der Waals surface area contributed by atoms with Gasteiger partial charge < -0.3 is 29.3 Å². The second kappa shape index (κ2) is 10.6. The van der Waals surface area contributed by atoms with Crippen molar-refractivity contribution in [2.24, 2.45) is 0 Å². The van der Waals surface area contributed by atoms with Crippen LogP contribution in [0.2, 0.25) is 0 Å². The number of carbonyl (C=O) groups is 1. The van der Waals surface area contributed by atoms with Gasteiger partial charge in [-0.25, -0.2) is 0 Å². The Hall–Kier alpha value is -4.61. The molecule has 1 amide bonds. The average molecular weight is 456 g/mol. The molecule has 0 aliphatic heterocycles. The number of aromatic nitrogens is 2. The number of nitrogens with zero attached hydrogens (tertiary/aromatic N) is 2. The third-order valence-corrected chi connectivity index (χ3v) is 4.18. The first-order valence-electron chi connectivity index (χ1n) is 9.72. The predicted octanol–water partition coefficient (Wildman–Crippen LogP) is 2.24. The van der Waals surface area contributed by atoms with Gasteiger partial charge in [-0.2, -0.15) is 4.98 Å². The Morgan fingerprint density at radius 2 is 2.12 bits per heavy atom. The summed E-state index contributed by atoms with van der Waals surface area (Å²) < 4.78 is 16.3. The van der Waals surface area contributed by atoms with Crippen molar-refractivity contribution in [2.45, 2.75) is 13.5 Å². The highest BCUT2D eigenvalue weighted by molar-refractivity contribution is 5.77. The van der Waals surface area contributed by atoms with E-state index in [1.807, 2.05) is 0 Å². The molecule has 0 spiro atoms. The Kier molecular flexibility index (Phi) is 7.42. The number of carbonyl (C=O) groups excluding carboxylic acids is 1. The molecule has 0 bridgehead atoms.